The van der Waals surface area contributed by atoms with Crippen LogP contribution in [0.5, 0.6) is 0 Å². The van der Waals surface area contributed by atoms with Gasteiger partial charge < -0.3 is 4.90 Å². The second-order valence-electron chi connectivity index (χ2n) is 5.16. The van der Waals surface area contributed by atoms with Gasteiger partial charge in [-0.3, -0.25) is 4.72 Å². The third-order valence-electron chi connectivity index (χ3n) is 3.49. The number of sulfonamides is 1. The maximum absolute atomic E-state index is 11.9. The van der Waals surface area contributed by atoms with Gasteiger partial charge in [-0.05, 0) is 49.9 Å². The number of halogens is 1. The van der Waals surface area contributed by atoms with E-state index in [0.29, 0.717) is 18.0 Å². The van der Waals surface area contributed by atoms with E-state index in [1.54, 1.807) is 0 Å². The summed E-state index contributed by atoms with van der Waals surface area (Å²) in [7, 11) is -3.30. The van der Waals surface area contributed by atoms with Crippen LogP contribution >= 0.6 is 11.6 Å². The number of aryl methyl sites for hydroxylation is 1. The summed E-state index contributed by atoms with van der Waals surface area (Å²) in [6, 6.07) is 5.88. The fraction of sp³-hybridized carbons (Fsp3) is 0.571. The second-order valence-corrected chi connectivity index (χ2v) is 7.38. The number of hydrogen-bond acceptors (Lipinski definition) is 3. The normalized spacial score (nSPS) is 15.6. The lowest BCUT2D eigenvalue weighted by molar-refractivity contribution is 0.600. The molecule has 112 valence electrons. The van der Waals surface area contributed by atoms with Gasteiger partial charge in [0.1, 0.15) is 0 Å². The first kappa shape index (κ1) is 15.4. The summed E-state index contributed by atoms with van der Waals surface area (Å²) in [6.07, 6.45) is 2.92. The lowest BCUT2D eigenvalue weighted by Crippen LogP contribution is -2.19. The molecular formula is C14H21ClN2O2S. The molecule has 1 aromatic rings. The van der Waals surface area contributed by atoms with Crippen LogP contribution in [0.25, 0.3) is 0 Å². The Kier molecular flexibility index (Phi) is 5.16. The van der Waals surface area contributed by atoms with Gasteiger partial charge in [0.15, 0.2) is 0 Å². The van der Waals surface area contributed by atoms with Crippen molar-refractivity contribution in [1.29, 1.82) is 0 Å². The molecule has 0 amide bonds. The molecule has 1 saturated heterocycles. The number of anilines is 2. The van der Waals surface area contributed by atoms with Crippen molar-refractivity contribution in [2.45, 2.75) is 26.2 Å². The van der Waals surface area contributed by atoms with E-state index in [4.69, 9.17) is 11.6 Å². The SMILES string of the molecule is Cc1cc(N2CCCC2)ccc1NS(=O)(=O)CCCCl. The molecule has 1 fully saturated rings. The fourth-order valence-corrected chi connectivity index (χ4v) is 3.88. The van der Waals surface area contributed by atoms with Crippen LogP contribution in [0.2, 0.25) is 0 Å². The minimum atomic E-state index is -3.30. The summed E-state index contributed by atoms with van der Waals surface area (Å²) in [5, 5.41) is 0. The Morgan fingerprint density at radius 2 is 2.00 bits per heavy atom. The number of hydrogen-bond donors (Lipinski definition) is 1. The van der Waals surface area contributed by atoms with E-state index in [-0.39, 0.29) is 5.75 Å². The van der Waals surface area contributed by atoms with Gasteiger partial charge in [-0.1, -0.05) is 0 Å². The molecule has 0 unspecified atom stereocenters. The maximum Gasteiger partial charge on any atom is 0.232 e. The Morgan fingerprint density at radius 3 is 2.60 bits per heavy atom. The van der Waals surface area contributed by atoms with Crippen LogP contribution < -0.4 is 9.62 Å². The van der Waals surface area contributed by atoms with E-state index < -0.39 is 10.0 Å². The van der Waals surface area contributed by atoms with E-state index in [1.165, 1.54) is 18.5 Å². The topological polar surface area (TPSA) is 49.4 Å². The van der Waals surface area contributed by atoms with E-state index >= 15 is 0 Å². The molecule has 4 nitrogen and oxygen atoms in total. The minimum absolute atomic E-state index is 0.0593. The summed E-state index contributed by atoms with van der Waals surface area (Å²) in [6.45, 7) is 4.10. The second kappa shape index (κ2) is 6.68. The zero-order chi connectivity index (χ0) is 14.6. The molecule has 0 bridgehead atoms. The highest BCUT2D eigenvalue weighted by Gasteiger charge is 2.15. The Labute approximate surface area is 126 Å². The van der Waals surface area contributed by atoms with Crippen molar-refractivity contribution >= 4 is 33.0 Å². The molecule has 0 aromatic heterocycles. The van der Waals surface area contributed by atoms with Crippen LogP contribution in [0.1, 0.15) is 24.8 Å². The highest BCUT2D eigenvalue weighted by molar-refractivity contribution is 7.92. The number of alkyl halides is 1. The zero-order valence-electron chi connectivity index (χ0n) is 11.7. The lowest BCUT2D eigenvalue weighted by Gasteiger charge is -2.19. The van der Waals surface area contributed by atoms with Gasteiger partial charge >= 0.3 is 0 Å². The standard InChI is InChI=1S/C14H21ClN2O2S/c1-12-11-13(17-8-2-3-9-17)5-6-14(12)16-20(18,19)10-4-7-15/h5-6,11,16H,2-4,7-10H2,1H3. The summed E-state index contributed by atoms with van der Waals surface area (Å²) in [5.74, 6) is 0.414. The molecule has 0 saturated carbocycles. The van der Waals surface area contributed by atoms with Gasteiger partial charge in [-0.15, -0.1) is 11.6 Å². The van der Waals surface area contributed by atoms with E-state index in [2.05, 4.69) is 9.62 Å². The van der Waals surface area contributed by atoms with Crippen LogP contribution in [-0.4, -0.2) is 33.1 Å². The summed E-state index contributed by atoms with van der Waals surface area (Å²) in [5.41, 5.74) is 2.77. The van der Waals surface area contributed by atoms with E-state index in [9.17, 15) is 8.42 Å². The molecule has 0 atom stereocenters. The summed E-state index contributed by atoms with van der Waals surface area (Å²) >= 11 is 5.54. The molecule has 6 heteroatoms. The minimum Gasteiger partial charge on any atom is -0.372 e. The Morgan fingerprint density at radius 1 is 1.30 bits per heavy atom. The monoisotopic (exact) mass is 316 g/mol. The van der Waals surface area contributed by atoms with Crippen molar-refractivity contribution < 1.29 is 8.42 Å². The van der Waals surface area contributed by atoms with Crippen LogP contribution in [0.15, 0.2) is 18.2 Å². The average molecular weight is 317 g/mol. The third kappa shape index (κ3) is 4.03. The van der Waals surface area contributed by atoms with Crippen molar-refractivity contribution in [2.24, 2.45) is 0 Å². The lowest BCUT2D eigenvalue weighted by atomic mass is 10.2. The largest absolute Gasteiger partial charge is 0.372 e. The Hall–Kier alpha value is -0.940. The first-order valence-corrected chi connectivity index (χ1v) is 9.12. The Bertz CT molecular complexity index is 554. The number of benzene rings is 1. The number of rotatable bonds is 6. The molecular weight excluding hydrogens is 296 g/mol. The number of nitrogens with zero attached hydrogens (tertiary/aromatic N) is 1. The van der Waals surface area contributed by atoms with Gasteiger partial charge in [0.25, 0.3) is 0 Å². The van der Waals surface area contributed by atoms with Crippen LogP contribution in [0, 0.1) is 6.92 Å². The van der Waals surface area contributed by atoms with Gasteiger partial charge in [-0.2, -0.15) is 0 Å². The zero-order valence-corrected chi connectivity index (χ0v) is 13.3. The summed E-state index contributed by atoms with van der Waals surface area (Å²) in [4.78, 5) is 2.33. The van der Waals surface area contributed by atoms with Crippen molar-refractivity contribution in [3.63, 3.8) is 0 Å². The average Bonchev–Trinajstić information content (AvgIpc) is 2.93. The molecule has 1 N–H and O–H groups in total. The van der Waals surface area contributed by atoms with Crippen LogP contribution in [-0.2, 0) is 10.0 Å². The molecule has 1 aromatic carbocycles. The van der Waals surface area contributed by atoms with Crippen molar-refractivity contribution in [2.75, 3.05) is 34.3 Å². The van der Waals surface area contributed by atoms with Crippen molar-refractivity contribution in [3.8, 4) is 0 Å². The predicted molar refractivity (Wildman–Crippen MR) is 85.4 cm³/mol. The first-order chi connectivity index (χ1) is 9.52. The molecule has 1 heterocycles. The molecule has 2 rings (SSSR count). The highest BCUT2D eigenvalue weighted by Crippen LogP contribution is 2.26. The van der Waals surface area contributed by atoms with Gasteiger partial charge in [0, 0.05) is 24.7 Å². The van der Waals surface area contributed by atoms with E-state index in [0.717, 1.165) is 18.7 Å². The van der Waals surface area contributed by atoms with Gasteiger partial charge in [-0.25, -0.2) is 8.42 Å². The van der Waals surface area contributed by atoms with Crippen molar-refractivity contribution in [3.05, 3.63) is 23.8 Å². The molecule has 1 aliphatic heterocycles. The van der Waals surface area contributed by atoms with Gasteiger partial charge in [0.05, 0.1) is 11.4 Å². The Balaban J connectivity index is 2.09. The van der Waals surface area contributed by atoms with Crippen LogP contribution in [0.3, 0.4) is 0 Å². The fourth-order valence-electron chi connectivity index (χ4n) is 2.40. The van der Waals surface area contributed by atoms with Crippen molar-refractivity contribution in [1.82, 2.24) is 0 Å². The predicted octanol–water partition coefficient (Wildman–Crippen LogP) is 2.97. The quantitative estimate of drug-likeness (QED) is 0.821. The first-order valence-electron chi connectivity index (χ1n) is 6.94. The molecule has 20 heavy (non-hydrogen) atoms. The smallest absolute Gasteiger partial charge is 0.232 e. The summed E-state index contributed by atoms with van der Waals surface area (Å²) < 4.78 is 26.4. The molecule has 0 spiro atoms. The van der Waals surface area contributed by atoms with Crippen LogP contribution in [0.4, 0.5) is 11.4 Å². The van der Waals surface area contributed by atoms with Gasteiger partial charge in [0.2, 0.25) is 10.0 Å². The molecule has 0 radical (unpaired) electrons. The maximum atomic E-state index is 11.9. The van der Waals surface area contributed by atoms with E-state index in [1.807, 2.05) is 25.1 Å². The molecule has 0 aliphatic carbocycles. The number of nitrogens with one attached hydrogen (secondary N) is 1. The highest BCUT2D eigenvalue weighted by atomic mass is 35.5. The third-order valence-corrected chi connectivity index (χ3v) is 5.12. The molecule has 1 aliphatic rings.